The first kappa shape index (κ1) is 23.5. The van der Waals surface area contributed by atoms with Gasteiger partial charge in [0.2, 0.25) is 15.9 Å². The summed E-state index contributed by atoms with van der Waals surface area (Å²) in [6.07, 6.45) is 0.908. The van der Waals surface area contributed by atoms with Crippen molar-refractivity contribution in [2.24, 2.45) is 5.92 Å². The summed E-state index contributed by atoms with van der Waals surface area (Å²) in [4.78, 5) is 13.0. The second-order valence-electron chi connectivity index (χ2n) is 8.37. The number of nitrogens with one attached hydrogen (secondary N) is 1. The molecule has 174 valence electrons. The van der Waals surface area contributed by atoms with Gasteiger partial charge in [-0.2, -0.15) is 9.40 Å². The number of piperidine rings is 1. The van der Waals surface area contributed by atoms with Gasteiger partial charge in [0.25, 0.3) is 0 Å². The van der Waals surface area contributed by atoms with Crippen LogP contribution in [0.4, 0.5) is 5.69 Å². The van der Waals surface area contributed by atoms with Gasteiger partial charge in [-0.05, 0) is 63.4 Å². The van der Waals surface area contributed by atoms with Gasteiger partial charge in [-0.15, -0.1) is 0 Å². The average molecular weight is 487 g/mol. The minimum atomic E-state index is -3.73. The summed E-state index contributed by atoms with van der Waals surface area (Å²) in [5, 5.41) is 7.98. The molecule has 1 fully saturated rings. The molecule has 4 rings (SSSR count). The molecule has 0 spiro atoms. The summed E-state index contributed by atoms with van der Waals surface area (Å²) in [5.41, 5.74) is 3.46. The SMILES string of the molecule is Cc1ccc(Cl)cc1NC(=O)C1CCN(S(=O)(=O)c2c(C)nn(-c3ccccc3)c2C)CC1. The zero-order valence-electron chi connectivity index (χ0n) is 18.9. The van der Waals surface area contributed by atoms with Crippen molar-refractivity contribution in [2.45, 2.75) is 38.5 Å². The molecule has 1 aromatic heterocycles. The van der Waals surface area contributed by atoms with E-state index in [1.807, 2.05) is 43.3 Å². The van der Waals surface area contributed by atoms with Crippen molar-refractivity contribution in [3.05, 3.63) is 70.5 Å². The molecule has 1 amide bonds. The van der Waals surface area contributed by atoms with Crippen LogP contribution in [0.2, 0.25) is 5.02 Å². The van der Waals surface area contributed by atoms with Crippen LogP contribution >= 0.6 is 11.6 Å². The first-order valence-electron chi connectivity index (χ1n) is 10.9. The second kappa shape index (κ2) is 9.29. The van der Waals surface area contributed by atoms with Crippen LogP contribution < -0.4 is 5.32 Å². The van der Waals surface area contributed by atoms with E-state index in [0.717, 1.165) is 11.3 Å². The summed E-state index contributed by atoms with van der Waals surface area (Å²) >= 11 is 6.05. The Morgan fingerprint density at radius 2 is 1.73 bits per heavy atom. The number of aromatic nitrogens is 2. The van der Waals surface area contributed by atoms with Crippen molar-refractivity contribution in [2.75, 3.05) is 18.4 Å². The highest BCUT2D eigenvalue weighted by atomic mass is 35.5. The van der Waals surface area contributed by atoms with Gasteiger partial charge in [0, 0.05) is 29.7 Å². The lowest BCUT2D eigenvalue weighted by molar-refractivity contribution is -0.120. The van der Waals surface area contributed by atoms with E-state index in [9.17, 15) is 13.2 Å². The number of aryl methyl sites for hydroxylation is 2. The van der Waals surface area contributed by atoms with E-state index in [4.69, 9.17) is 11.6 Å². The zero-order valence-corrected chi connectivity index (χ0v) is 20.4. The van der Waals surface area contributed by atoms with Gasteiger partial charge < -0.3 is 5.32 Å². The Balaban J connectivity index is 1.48. The van der Waals surface area contributed by atoms with Crippen LogP contribution in [-0.2, 0) is 14.8 Å². The van der Waals surface area contributed by atoms with Crippen molar-refractivity contribution in [3.8, 4) is 5.69 Å². The lowest BCUT2D eigenvalue weighted by atomic mass is 9.97. The zero-order chi connectivity index (χ0) is 23.8. The smallest absolute Gasteiger partial charge is 0.246 e. The predicted octanol–water partition coefficient (Wildman–Crippen LogP) is 4.49. The van der Waals surface area contributed by atoms with Gasteiger partial charge in [-0.25, -0.2) is 13.1 Å². The molecule has 0 atom stereocenters. The Labute approximate surface area is 199 Å². The first-order chi connectivity index (χ1) is 15.7. The Bertz CT molecular complexity index is 1280. The van der Waals surface area contributed by atoms with Gasteiger partial charge in [0.05, 0.1) is 17.1 Å². The number of carbonyl (C=O) groups is 1. The van der Waals surface area contributed by atoms with Crippen LogP contribution in [0, 0.1) is 26.7 Å². The summed E-state index contributed by atoms with van der Waals surface area (Å²) in [7, 11) is -3.73. The molecule has 0 unspecified atom stereocenters. The maximum atomic E-state index is 13.5. The second-order valence-corrected chi connectivity index (χ2v) is 10.7. The molecule has 2 heterocycles. The largest absolute Gasteiger partial charge is 0.326 e. The van der Waals surface area contributed by atoms with Crippen molar-refractivity contribution in [1.82, 2.24) is 14.1 Å². The highest BCUT2D eigenvalue weighted by Gasteiger charge is 2.35. The maximum Gasteiger partial charge on any atom is 0.246 e. The van der Waals surface area contributed by atoms with E-state index in [-0.39, 0.29) is 29.8 Å². The van der Waals surface area contributed by atoms with Gasteiger partial charge >= 0.3 is 0 Å². The van der Waals surface area contributed by atoms with Gasteiger partial charge in [-0.1, -0.05) is 35.9 Å². The molecule has 1 saturated heterocycles. The van der Waals surface area contributed by atoms with E-state index in [1.165, 1.54) is 4.31 Å². The molecule has 9 heteroatoms. The maximum absolute atomic E-state index is 13.5. The van der Waals surface area contributed by atoms with Crippen LogP contribution in [0.3, 0.4) is 0 Å². The Morgan fingerprint density at radius 3 is 2.39 bits per heavy atom. The average Bonchev–Trinajstić information content (AvgIpc) is 3.11. The number of para-hydroxylation sites is 1. The minimum Gasteiger partial charge on any atom is -0.326 e. The van der Waals surface area contributed by atoms with E-state index < -0.39 is 10.0 Å². The molecular formula is C24H27ClN4O3S. The molecule has 0 aliphatic carbocycles. The van der Waals surface area contributed by atoms with E-state index in [2.05, 4.69) is 10.4 Å². The van der Waals surface area contributed by atoms with Crippen LogP contribution in [-0.4, -0.2) is 41.5 Å². The number of hydrogen-bond acceptors (Lipinski definition) is 4. The monoisotopic (exact) mass is 486 g/mol. The Morgan fingerprint density at radius 1 is 1.06 bits per heavy atom. The molecule has 0 radical (unpaired) electrons. The fourth-order valence-electron chi connectivity index (χ4n) is 4.27. The third-order valence-corrected chi connectivity index (χ3v) is 8.49. The van der Waals surface area contributed by atoms with Crippen LogP contribution in [0.15, 0.2) is 53.4 Å². The van der Waals surface area contributed by atoms with E-state index >= 15 is 0 Å². The Hall–Kier alpha value is -2.68. The molecular weight excluding hydrogens is 460 g/mol. The minimum absolute atomic E-state index is 0.110. The third-order valence-electron chi connectivity index (χ3n) is 6.11. The van der Waals surface area contributed by atoms with E-state index in [0.29, 0.717) is 34.9 Å². The first-order valence-corrected chi connectivity index (χ1v) is 12.7. The number of halogens is 1. The predicted molar refractivity (Wildman–Crippen MR) is 129 cm³/mol. The van der Waals surface area contributed by atoms with Crippen LogP contribution in [0.25, 0.3) is 5.69 Å². The lowest BCUT2D eigenvalue weighted by Gasteiger charge is -2.30. The van der Waals surface area contributed by atoms with Crippen LogP contribution in [0.1, 0.15) is 29.8 Å². The topological polar surface area (TPSA) is 84.3 Å². The molecule has 1 N–H and O–H groups in total. The van der Waals surface area contributed by atoms with Crippen molar-refractivity contribution >= 4 is 33.2 Å². The van der Waals surface area contributed by atoms with Gasteiger partial charge in [0.15, 0.2) is 0 Å². The normalized spacial score (nSPS) is 15.5. The van der Waals surface area contributed by atoms with Crippen molar-refractivity contribution in [3.63, 3.8) is 0 Å². The molecule has 0 saturated carbocycles. The molecule has 1 aliphatic heterocycles. The lowest BCUT2D eigenvalue weighted by Crippen LogP contribution is -2.41. The quantitative estimate of drug-likeness (QED) is 0.575. The molecule has 3 aromatic rings. The summed E-state index contributed by atoms with van der Waals surface area (Å²) in [6, 6.07) is 14.8. The van der Waals surface area contributed by atoms with Crippen molar-refractivity contribution in [1.29, 1.82) is 0 Å². The summed E-state index contributed by atoms with van der Waals surface area (Å²) in [6.45, 7) is 5.95. The number of benzene rings is 2. The van der Waals surface area contributed by atoms with E-state index in [1.54, 1.807) is 30.7 Å². The van der Waals surface area contributed by atoms with Gasteiger partial charge in [0.1, 0.15) is 4.90 Å². The summed E-state index contributed by atoms with van der Waals surface area (Å²) < 4.78 is 30.1. The Kier molecular flexibility index (Phi) is 6.61. The van der Waals surface area contributed by atoms with Crippen molar-refractivity contribution < 1.29 is 13.2 Å². The van der Waals surface area contributed by atoms with Gasteiger partial charge in [-0.3, -0.25) is 4.79 Å². The highest BCUT2D eigenvalue weighted by molar-refractivity contribution is 7.89. The molecule has 1 aliphatic rings. The number of carbonyl (C=O) groups excluding carboxylic acids is 1. The number of sulfonamides is 1. The molecule has 33 heavy (non-hydrogen) atoms. The highest BCUT2D eigenvalue weighted by Crippen LogP contribution is 2.30. The standard InChI is InChI=1S/C24H27ClN4O3S/c1-16-9-10-20(25)15-22(16)26-24(30)19-11-13-28(14-12-19)33(31,32)23-17(2)27-29(18(23)3)21-7-5-4-6-8-21/h4-10,15,19H,11-14H2,1-3H3,(H,26,30). The molecule has 0 bridgehead atoms. The fraction of sp³-hybridized carbons (Fsp3) is 0.333. The molecule has 7 nitrogen and oxygen atoms in total. The number of anilines is 1. The number of rotatable bonds is 5. The molecule has 2 aromatic carbocycles. The number of hydrogen-bond donors (Lipinski definition) is 1. The number of amides is 1. The fourth-order valence-corrected chi connectivity index (χ4v) is 6.27. The van der Waals surface area contributed by atoms with Crippen LogP contribution in [0.5, 0.6) is 0 Å². The third kappa shape index (κ3) is 4.69. The number of nitrogens with zero attached hydrogens (tertiary/aromatic N) is 3. The summed E-state index contributed by atoms with van der Waals surface area (Å²) in [5.74, 6) is -0.370.